The minimum Gasteiger partial charge on any atom is -0.320 e. The molecule has 3 nitrogen and oxygen atoms in total. The zero-order chi connectivity index (χ0) is 11.1. The summed E-state index contributed by atoms with van der Waals surface area (Å²) in [6.45, 7) is 6.52. The van der Waals surface area contributed by atoms with E-state index in [0.717, 1.165) is 18.1 Å². The summed E-state index contributed by atoms with van der Waals surface area (Å²) in [5.41, 5.74) is 0.00775. The van der Waals surface area contributed by atoms with E-state index in [4.69, 9.17) is 0 Å². The molecule has 0 bridgehead atoms. The zero-order valence-corrected chi connectivity index (χ0v) is 10.7. The van der Waals surface area contributed by atoms with Crippen molar-refractivity contribution in [3.63, 3.8) is 0 Å². The second-order valence-corrected chi connectivity index (χ2v) is 5.09. The first-order chi connectivity index (χ1) is 7.17. The number of hydrogen-bond donors (Lipinski definition) is 2. The summed E-state index contributed by atoms with van der Waals surface area (Å²) >= 11 is 1.71. The molecule has 0 amide bonds. The second-order valence-electron chi connectivity index (χ2n) is 4.20. The van der Waals surface area contributed by atoms with Crippen LogP contribution in [0.4, 0.5) is 0 Å². The van der Waals surface area contributed by atoms with Crippen molar-refractivity contribution in [2.75, 3.05) is 20.1 Å². The normalized spacial score (nSPS) is 11.9. The van der Waals surface area contributed by atoms with Crippen LogP contribution in [0.25, 0.3) is 0 Å². The fourth-order valence-corrected chi connectivity index (χ4v) is 2.17. The highest BCUT2D eigenvalue weighted by Crippen LogP contribution is 2.21. The van der Waals surface area contributed by atoms with Gasteiger partial charge in [0.25, 0.3) is 0 Å². The van der Waals surface area contributed by atoms with Crippen LogP contribution in [-0.4, -0.2) is 25.1 Å². The number of rotatable bonds is 7. The van der Waals surface area contributed by atoms with E-state index in [2.05, 4.69) is 29.5 Å². The topological polar surface area (TPSA) is 37.0 Å². The lowest BCUT2D eigenvalue weighted by atomic mass is 10.1. The van der Waals surface area contributed by atoms with Crippen LogP contribution in [0.15, 0.2) is 11.6 Å². The van der Waals surface area contributed by atoms with E-state index in [1.54, 1.807) is 11.3 Å². The molecule has 0 atom stereocenters. The highest BCUT2D eigenvalue weighted by atomic mass is 32.1. The van der Waals surface area contributed by atoms with Crippen LogP contribution < -0.4 is 10.6 Å². The summed E-state index contributed by atoms with van der Waals surface area (Å²) < 4.78 is 0. The van der Waals surface area contributed by atoms with Crippen molar-refractivity contribution in [1.82, 2.24) is 15.6 Å². The molecule has 0 saturated heterocycles. The van der Waals surface area contributed by atoms with Crippen molar-refractivity contribution in [2.45, 2.75) is 32.2 Å². The molecule has 0 fully saturated rings. The van der Waals surface area contributed by atoms with Crippen LogP contribution in [0, 0.1) is 0 Å². The summed E-state index contributed by atoms with van der Waals surface area (Å²) in [5.74, 6) is 0. The number of nitrogens with one attached hydrogen (secondary N) is 2. The molecule has 1 rings (SSSR count). The van der Waals surface area contributed by atoms with Gasteiger partial charge in [-0.1, -0.05) is 0 Å². The number of unbranched alkanes of at least 4 members (excludes halogenated alkanes) is 1. The van der Waals surface area contributed by atoms with Crippen LogP contribution in [0.1, 0.15) is 31.7 Å². The third kappa shape index (κ3) is 4.28. The Kier molecular flexibility index (Phi) is 5.22. The second kappa shape index (κ2) is 6.20. The minimum atomic E-state index is 0.00775. The predicted molar refractivity (Wildman–Crippen MR) is 66.3 cm³/mol. The van der Waals surface area contributed by atoms with Crippen molar-refractivity contribution < 1.29 is 0 Å². The van der Waals surface area contributed by atoms with Gasteiger partial charge in [-0.05, 0) is 46.8 Å². The largest absolute Gasteiger partial charge is 0.320 e. The molecule has 0 aliphatic heterocycles. The van der Waals surface area contributed by atoms with Gasteiger partial charge in [-0.3, -0.25) is 0 Å². The molecule has 1 heterocycles. The van der Waals surface area contributed by atoms with Crippen LogP contribution >= 0.6 is 11.3 Å². The number of aromatic nitrogens is 1. The molecule has 0 unspecified atom stereocenters. The Labute approximate surface area is 96.3 Å². The van der Waals surface area contributed by atoms with Crippen LogP contribution in [0.2, 0.25) is 0 Å². The maximum Gasteiger partial charge on any atom is 0.112 e. The van der Waals surface area contributed by atoms with E-state index in [1.807, 2.05) is 18.6 Å². The Bertz CT molecular complexity index is 257. The molecule has 1 aromatic heterocycles. The van der Waals surface area contributed by atoms with E-state index in [9.17, 15) is 0 Å². The van der Waals surface area contributed by atoms with E-state index >= 15 is 0 Å². The summed E-state index contributed by atoms with van der Waals surface area (Å²) in [7, 11) is 1.99. The predicted octanol–water partition coefficient (Wildman–Crippen LogP) is 1.97. The molecule has 0 aliphatic carbocycles. The lowest BCUT2D eigenvalue weighted by Crippen LogP contribution is -2.37. The van der Waals surface area contributed by atoms with E-state index < -0.39 is 0 Å². The van der Waals surface area contributed by atoms with Crippen molar-refractivity contribution in [1.29, 1.82) is 0 Å². The molecule has 4 heteroatoms. The Balaban J connectivity index is 2.25. The quantitative estimate of drug-likeness (QED) is 0.699. The lowest BCUT2D eigenvalue weighted by molar-refractivity contribution is 0.395. The summed E-state index contributed by atoms with van der Waals surface area (Å²) in [4.78, 5) is 4.35. The summed E-state index contributed by atoms with van der Waals surface area (Å²) in [5, 5.41) is 9.89. The van der Waals surface area contributed by atoms with Gasteiger partial charge in [-0.25, -0.2) is 4.98 Å². The van der Waals surface area contributed by atoms with E-state index in [-0.39, 0.29) is 5.54 Å². The molecular formula is C11H21N3S. The Morgan fingerprint density at radius 2 is 2.07 bits per heavy atom. The first-order valence-electron chi connectivity index (χ1n) is 5.46. The van der Waals surface area contributed by atoms with Gasteiger partial charge in [0.1, 0.15) is 5.01 Å². The van der Waals surface area contributed by atoms with Crippen molar-refractivity contribution in [2.24, 2.45) is 0 Å². The molecule has 0 aromatic carbocycles. The molecule has 0 radical (unpaired) electrons. The molecule has 86 valence electrons. The molecular weight excluding hydrogens is 206 g/mol. The maximum absolute atomic E-state index is 4.35. The Morgan fingerprint density at radius 1 is 1.33 bits per heavy atom. The van der Waals surface area contributed by atoms with Crippen molar-refractivity contribution in [3.05, 3.63) is 16.6 Å². The monoisotopic (exact) mass is 227 g/mol. The van der Waals surface area contributed by atoms with Gasteiger partial charge < -0.3 is 10.6 Å². The fraction of sp³-hybridized carbons (Fsp3) is 0.727. The highest BCUT2D eigenvalue weighted by Gasteiger charge is 2.21. The Hall–Kier alpha value is -0.450. The fourth-order valence-electron chi connectivity index (χ4n) is 1.44. The maximum atomic E-state index is 4.35. The average Bonchev–Trinajstić information content (AvgIpc) is 2.70. The van der Waals surface area contributed by atoms with Crippen LogP contribution in [-0.2, 0) is 5.54 Å². The van der Waals surface area contributed by atoms with Gasteiger partial charge in [0, 0.05) is 11.6 Å². The van der Waals surface area contributed by atoms with Gasteiger partial charge >= 0.3 is 0 Å². The van der Waals surface area contributed by atoms with Crippen LogP contribution in [0.5, 0.6) is 0 Å². The first-order valence-corrected chi connectivity index (χ1v) is 6.34. The molecule has 0 spiro atoms. The zero-order valence-electron chi connectivity index (χ0n) is 9.84. The smallest absolute Gasteiger partial charge is 0.112 e. The van der Waals surface area contributed by atoms with E-state index in [0.29, 0.717) is 0 Å². The van der Waals surface area contributed by atoms with Gasteiger partial charge in [0.15, 0.2) is 0 Å². The SMILES string of the molecule is CNCCCCNC(C)(C)c1nccs1. The molecule has 0 saturated carbocycles. The van der Waals surface area contributed by atoms with Gasteiger partial charge in [-0.2, -0.15) is 0 Å². The lowest BCUT2D eigenvalue weighted by Gasteiger charge is -2.23. The number of hydrogen-bond acceptors (Lipinski definition) is 4. The molecule has 0 aliphatic rings. The Morgan fingerprint density at radius 3 is 2.67 bits per heavy atom. The standard InChI is InChI=1S/C11H21N3S/c1-11(2,10-13-8-9-15-10)14-7-5-4-6-12-3/h8-9,12,14H,4-7H2,1-3H3. The number of nitrogens with zero attached hydrogens (tertiary/aromatic N) is 1. The molecule has 2 N–H and O–H groups in total. The number of thiazole rings is 1. The summed E-state index contributed by atoms with van der Waals surface area (Å²) in [6.07, 6.45) is 4.29. The van der Waals surface area contributed by atoms with Crippen molar-refractivity contribution >= 4 is 11.3 Å². The molecule has 1 aromatic rings. The minimum absolute atomic E-state index is 0.00775. The van der Waals surface area contributed by atoms with Gasteiger partial charge in [-0.15, -0.1) is 11.3 Å². The van der Waals surface area contributed by atoms with Crippen molar-refractivity contribution in [3.8, 4) is 0 Å². The van der Waals surface area contributed by atoms with Crippen LogP contribution in [0.3, 0.4) is 0 Å². The molecule has 15 heavy (non-hydrogen) atoms. The van der Waals surface area contributed by atoms with Gasteiger partial charge in [0.2, 0.25) is 0 Å². The van der Waals surface area contributed by atoms with Gasteiger partial charge in [0.05, 0.1) is 5.54 Å². The summed E-state index contributed by atoms with van der Waals surface area (Å²) in [6, 6.07) is 0. The highest BCUT2D eigenvalue weighted by molar-refractivity contribution is 7.09. The average molecular weight is 227 g/mol. The third-order valence-electron chi connectivity index (χ3n) is 2.39. The third-order valence-corrected chi connectivity index (χ3v) is 3.48. The van der Waals surface area contributed by atoms with E-state index in [1.165, 1.54) is 12.8 Å². The first kappa shape index (κ1) is 12.6.